The van der Waals surface area contributed by atoms with Crippen LogP contribution in [0, 0.1) is 5.92 Å². The van der Waals surface area contributed by atoms with E-state index in [-0.39, 0.29) is 11.8 Å². The van der Waals surface area contributed by atoms with E-state index in [9.17, 15) is 9.90 Å². The molecule has 25 heavy (non-hydrogen) atoms. The van der Waals surface area contributed by atoms with Crippen LogP contribution in [-0.2, 0) is 17.8 Å². The first-order chi connectivity index (χ1) is 12.0. The third-order valence-corrected chi connectivity index (χ3v) is 4.01. The van der Waals surface area contributed by atoms with Crippen molar-refractivity contribution in [2.45, 2.75) is 32.9 Å². The van der Waals surface area contributed by atoms with Crippen molar-refractivity contribution in [2.24, 2.45) is 5.92 Å². The second-order valence-corrected chi connectivity index (χ2v) is 6.39. The first kappa shape index (κ1) is 18.9. The number of nitrogens with one attached hydrogen (secondary N) is 1. The number of carbonyl (C=O) groups excluding carboxylic acids is 1. The van der Waals surface area contributed by atoms with Gasteiger partial charge in [-0.15, -0.1) is 0 Å². The molecule has 1 atom stereocenters. The van der Waals surface area contributed by atoms with Gasteiger partial charge >= 0.3 is 0 Å². The molecule has 0 aromatic carbocycles. The fraction of sp³-hybridized carbons (Fsp3) is 0.421. The number of nitrogens with zero attached hydrogens (tertiary/aromatic N) is 3. The number of carbonyl (C=O) groups is 1. The highest BCUT2D eigenvalue weighted by Gasteiger charge is 2.19. The Morgan fingerprint density at radius 2 is 1.96 bits per heavy atom. The summed E-state index contributed by atoms with van der Waals surface area (Å²) in [6.07, 6.45) is 3.34. The Kier molecular flexibility index (Phi) is 6.89. The predicted molar refractivity (Wildman–Crippen MR) is 98.1 cm³/mol. The maximum absolute atomic E-state index is 11.9. The zero-order valence-corrected chi connectivity index (χ0v) is 15.0. The SMILES string of the molecule is CC(C)C(O)C(=O)NCc1cccnc1N(C)CCc1ccccn1. The maximum Gasteiger partial charge on any atom is 0.249 e. The largest absolute Gasteiger partial charge is 0.383 e. The minimum atomic E-state index is -0.998. The summed E-state index contributed by atoms with van der Waals surface area (Å²) in [4.78, 5) is 22.8. The fourth-order valence-corrected chi connectivity index (χ4v) is 2.44. The second-order valence-electron chi connectivity index (χ2n) is 6.39. The van der Waals surface area contributed by atoms with E-state index in [0.29, 0.717) is 6.54 Å². The molecule has 6 nitrogen and oxygen atoms in total. The van der Waals surface area contributed by atoms with E-state index in [2.05, 4.69) is 20.2 Å². The van der Waals surface area contributed by atoms with E-state index >= 15 is 0 Å². The highest BCUT2D eigenvalue weighted by molar-refractivity contribution is 5.80. The van der Waals surface area contributed by atoms with E-state index < -0.39 is 6.10 Å². The minimum absolute atomic E-state index is 0.116. The molecule has 0 radical (unpaired) electrons. The molecule has 134 valence electrons. The lowest BCUT2D eigenvalue weighted by molar-refractivity contribution is -0.131. The van der Waals surface area contributed by atoms with Gasteiger partial charge in [0.1, 0.15) is 11.9 Å². The summed E-state index contributed by atoms with van der Waals surface area (Å²) in [6, 6.07) is 9.65. The summed E-state index contributed by atoms with van der Waals surface area (Å²) in [5.74, 6) is 0.341. The van der Waals surface area contributed by atoms with Gasteiger partial charge in [-0.3, -0.25) is 9.78 Å². The van der Waals surface area contributed by atoms with Crippen molar-refractivity contribution >= 4 is 11.7 Å². The monoisotopic (exact) mass is 342 g/mol. The Morgan fingerprint density at radius 1 is 1.20 bits per heavy atom. The summed E-state index contributed by atoms with van der Waals surface area (Å²) < 4.78 is 0. The second kappa shape index (κ2) is 9.13. The summed E-state index contributed by atoms with van der Waals surface area (Å²) in [5.41, 5.74) is 1.94. The number of hydrogen-bond acceptors (Lipinski definition) is 5. The first-order valence-corrected chi connectivity index (χ1v) is 8.49. The molecule has 0 fully saturated rings. The summed E-state index contributed by atoms with van der Waals surface area (Å²) in [6.45, 7) is 4.72. The van der Waals surface area contributed by atoms with Crippen LogP contribution in [0.2, 0.25) is 0 Å². The van der Waals surface area contributed by atoms with Crippen molar-refractivity contribution < 1.29 is 9.90 Å². The van der Waals surface area contributed by atoms with Gasteiger partial charge in [-0.1, -0.05) is 26.0 Å². The minimum Gasteiger partial charge on any atom is -0.383 e. The lowest BCUT2D eigenvalue weighted by Crippen LogP contribution is -2.37. The third-order valence-electron chi connectivity index (χ3n) is 4.01. The lowest BCUT2D eigenvalue weighted by Gasteiger charge is -2.21. The molecule has 0 saturated carbocycles. The van der Waals surface area contributed by atoms with Gasteiger partial charge in [0.15, 0.2) is 0 Å². The molecule has 0 bridgehead atoms. The molecular formula is C19H26N4O2. The van der Waals surface area contributed by atoms with Crippen molar-refractivity contribution in [3.05, 3.63) is 54.0 Å². The van der Waals surface area contributed by atoms with E-state index in [4.69, 9.17) is 0 Å². The molecule has 0 aliphatic heterocycles. The van der Waals surface area contributed by atoms with Crippen LogP contribution in [0.4, 0.5) is 5.82 Å². The zero-order chi connectivity index (χ0) is 18.2. The topological polar surface area (TPSA) is 78.3 Å². The van der Waals surface area contributed by atoms with Gasteiger partial charge < -0.3 is 15.3 Å². The lowest BCUT2D eigenvalue weighted by atomic mass is 10.1. The van der Waals surface area contributed by atoms with Gasteiger partial charge in [0.2, 0.25) is 5.91 Å². The fourth-order valence-electron chi connectivity index (χ4n) is 2.44. The number of rotatable bonds is 8. The number of aliphatic hydroxyl groups is 1. The number of aromatic nitrogens is 2. The van der Waals surface area contributed by atoms with Crippen molar-refractivity contribution in [1.29, 1.82) is 0 Å². The van der Waals surface area contributed by atoms with Crippen LogP contribution in [0.25, 0.3) is 0 Å². The number of amides is 1. The number of anilines is 1. The van der Waals surface area contributed by atoms with Gasteiger partial charge in [0, 0.05) is 50.2 Å². The predicted octanol–water partition coefficient (Wildman–Crippen LogP) is 1.79. The summed E-state index contributed by atoms with van der Waals surface area (Å²) >= 11 is 0. The molecule has 1 unspecified atom stereocenters. The summed E-state index contributed by atoms with van der Waals surface area (Å²) in [7, 11) is 1.97. The highest BCUT2D eigenvalue weighted by Crippen LogP contribution is 2.16. The van der Waals surface area contributed by atoms with Gasteiger partial charge in [0.05, 0.1) is 0 Å². The Bertz CT molecular complexity index is 676. The van der Waals surface area contributed by atoms with Crippen LogP contribution >= 0.6 is 0 Å². The van der Waals surface area contributed by atoms with Crippen LogP contribution in [0.1, 0.15) is 25.1 Å². The average Bonchev–Trinajstić information content (AvgIpc) is 2.64. The quantitative estimate of drug-likeness (QED) is 0.765. The maximum atomic E-state index is 11.9. The van der Waals surface area contributed by atoms with Gasteiger partial charge in [-0.25, -0.2) is 4.98 Å². The van der Waals surface area contributed by atoms with Gasteiger partial charge in [-0.05, 0) is 24.1 Å². The van der Waals surface area contributed by atoms with Crippen molar-refractivity contribution in [3.8, 4) is 0 Å². The van der Waals surface area contributed by atoms with Crippen LogP contribution < -0.4 is 10.2 Å². The molecule has 2 aromatic heterocycles. The van der Waals surface area contributed by atoms with Gasteiger partial charge in [0.25, 0.3) is 0 Å². The van der Waals surface area contributed by atoms with Crippen LogP contribution in [0.15, 0.2) is 42.7 Å². The molecule has 2 aromatic rings. The molecule has 2 rings (SSSR count). The molecule has 6 heteroatoms. The van der Waals surface area contributed by atoms with E-state index in [0.717, 1.165) is 30.0 Å². The Morgan fingerprint density at radius 3 is 2.64 bits per heavy atom. The smallest absolute Gasteiger partial charge is 0.249 e. The average molecular weight is 342 g/mol. The highest BCUT2D eigenvalue weighted by atomic mass is 16.3. The first-order valence-electron chi connectivity index (χ1n) is 8.49. The molecule has 1 amide bonds. The number of aliphatic hydroxyl groups excluding tert-OH is 1. The standard InChI is InChI=1S/C19H26N4O2/c1-14(2)17(24)19(25)22-13-15-7-6-11-21-18(15)23(3)12-9-16-8-4-5-10-20-16/h4-8,10-11,14,17,24H,9,12-13H2,1-3H3,(H,22,25). The Labute approximate surface area is 148 Å². The molecule has 0 spiro atoms. The normalized spacial score (nSPS) is 12.0. The van der Waals surface area contributed by atoms with Crippen LogP contribution in [-0.4, -0.2) is 40.7 Å². The van der Waals surface area contributed by atoms with E-state index in [1.807, 2.05) is 51.2 Å². The van der Waals surface area contributed by atoms with Crippen LogP contribution in [0.3, 0.4) is 0 Å². The van der Waals surface area contributed by atoms with Crippen LogP contribution in [0.5, 0.6) is 0 Å². The molecule has 0 aliphatic carbocycles. The zero-order valence-electron chi connectivity index (χ0n) is 15.0. The molecule has 2 heterocycles. The van der Waals surface area contributed by atoms with Gasteiger partial charge in [-0.2, -0.15) is 0 Å². The molecule has 2 N–H and O–H groups in total. The van der Waals surface area contributed by atoms with Crippen molar-refractivity contribution in [1.82, 2.24) is 15.3 Å². The Balaban J connectivity index is 1.98. The molecule has 0 saturated heterocycles. The summed E-state index contributed by atoms with van der Waals surface area (Å²) in [5, 5.41) is 12.6. The van der Waals surface area contributed by atoms with Crippen molar-refractivity contribution in [2.75, 3.05) is 18.5 Å². The molecular weight excluding hydrogens is 316 g/mol. The number of hydrogen-bond donors (Lipinski definition) is 2. The number of likely N-dealkylation sites (N-methyl/N-ethyl adjacent to an activating group) is 1. The van der Waals surface area contributed by atoms with E-state index in [1.54, 1.807) is 12.4 Å². The Hall–Kier alpha value is -2.47. The van der Waals surface area contributed by atoms with E-state index in [1.165, 1.54) is 0 Å². The molecule has 0 aliphatic rings. The number of pyridine rings is 2. The van der Waals surface area contributed by atoms with Crippen molar-refractivity contribution in [3.63, 3.8) is 0 Å². The third kappa shape index (κ3) is 5.53.